The first kappa shape index (κ1) is 14.2. The lowest BCUT2D eigenvalue weighted by Gasteiger charge is -2.23. The van der Waals surface area contributed by atoms with E-state index in [0.717, 1.165) is 22.0 Å². The average molecular weight is 294 g/mol. The van der Waals surface area contributed by atoms with Gasteiger partial charge in [0.1, 0.15) is 0 Å². The molecule has 2 aromatic rings. The number of rotatable bonds is 3. The zero-order valence-electron chi connectivity index (χ0n) is 11.4. The van der Waals surface area contributed by atoms with Crippen molar-refractivity contribution >= 4 is 34.6 Å². The number of hydrogen-bond acceptors (Lipinski definition) is 1. The van der Waals surface area contributed by atoms with E-state index in [0.29, 0.717) is 5.88 Å². The van der Waals surface area contributed by atoms with Gasteiger partial charge in [0.2, 0.25) is 0 Å². The molecule has 0 radical (unpaired) electrons. The normalized spacial score (nSPS) is 10.6. The number of anilines is 2. The Bertz CT molecular complexity index is 573. The molecule has 2 aromatic carbocycles. The number of aryl methyl sites for hydroxylation is 2. The molecule has 1 nitrogen and oxygen atoms in total. The first-order valence-corrected chi connectivity index (χ1v) is 7.09. The van der Waals surface area contributed by atoms with Gasteiger partial charge in [-0.1, -0.05) is 23.7 Å². The predicted molar refractivity (Wildman–Crippen MR) is 85.0 cm³/mol. The van der Waals surface area contributed by atoms with Gasteiger partial charge in [-0.2, -0.15) is 0 Å². The molecule has 0 saturated carbocycles. The maximum Gasteiger partial charge on any atom is 0.0494 e. The molecular formula is C16H17Cl2N. The van der Waals surface area contributed by atoms with Gasteiger partial charge in [0.25, 0.3) is 0 Å². The van der Waals surface area contributed by atoms with Crippen molar-refractivity contribution in [2.75, 3.05) is 11.9 Å². The zero-order valence-corrected chi connectivity index (χ0v) is 12.9. The van der Waals surface area contributed by atoms with Crippen molar-refractivity contribution in [1.82, 2.24) is 0 Å². The highest BCUT2D eigenvalue weighted by Crippen LogP contribution is 2.31. The molecule has 0 aromatic heterocycles. The summed E-state index contributed by atoms with van der Waals surface area (Å²) in [5.41, 5.74) is 5.76. The summed E-state index contributed by atoms with van der Waals surface area (Å²) in [7, 11) is 2.04. The molecule has 0 atom stereocenters. The monoisotopic (exact) mass is 293 g/mol. The summed E-state index contributed by atoms with van der Waals surface area (Å²) in [4.78, 5) is 2.13. The van der Waals surface area contributed by atoms with E-state index in [-0.39, 0.29) is 0 Å². The third kappa shape index (κ3) is 3.23. The van der Waals surface area contributed by atoms with Gasteiger partial charge < -0.3 is 4.90 Å². The molecule has 0 bridgehead atoms. The van der Waals surface area contributed by atoms with Crippen LogP contribution in [-0.2, 0) is 5.88 Å². The summed E-state index contributed by atoms with van der Waals surface area (Å²) < 4.78 is 0. The third-order valence-corrected chi connectivity index (χ3v) is 3.67. The third-order valence-electron chi connectivity index (χ3n) is 3.15. The molecule has 3 heteroatoms. The van der Waals surface area contributed by atoms with Crippen LogP contribution in [0.5, 0.6) is 0 Å². The highest BCUT2D eigenvalue weighted by Gasteiger charge is 2.10. The Morgan fingerprint density at radius 3 is 2.21 bits per heavy atom. The van der Waals surface area contributed by atoms with E-state index >= 15 is 0 Å². The standard InChI is InChI=1S/C16H17Cl2N/c1-11-6-12(2)8-15(7-11)19(3)16-9-14(18)5-4-13(16)10-17/h4-9H,10H2,1-3H3. The minimum absolute atomic E-state index is 0.474. The lowest BCUT2D eigenvalue weighted by atomic mass is 10.1. The lowest BCUT2D eigenvalue weighted by Crippen LogP contribution is -2.11. The largest absolute Gasteiger partial charge is 0.344 e. The van der Waals surface area contributed by atoms with Gasteiger partial charge in [0.05, 0.1) is 0 Å². The van der Waals surface area contributed by atoms with Gasteiger partial charge in [-0.05, 0) is 54.8 Å². The summed E-state index contributed by atoms with van der Waals surface area (Å²) in [6, 6.07) is 12.3. The van der Waals surface area contributed by atoms with E-state index in [4.69, 9.17) is 23.2 Å². The molecule has 100 valence electrons. The number of halogens is 2. The highest BCUT2D eigenvalue weighted by atomic mass is 35.5. The molecule has 19 heavy (non-hydrogen) atoms. The Balaban J connectivity index is 2.48. The van der Waals surface area contributed by atoms with E-state index < -0.39 is 0 Å². The maximum absolute atomic E-state index is 6.10. The van der Waals surface area contributed by atoms with Crippen LogP contribution in [0.4, 0.5) is 11.4 Å². The summed E-state index contributed by atoms with van der Waals surface area (Å²) in [5.74, 6) is 0.474. The molecule has 0 aliphatic heterocycles. The van der Waals surface area contributed by atoms with Gasteiger partial charge in [-0.15, -0.1) is 11.6 Å². The summed E-state index contributed by atoms with van der Waals surface area (Å²) in [6.45, 7) is 4.20. The Hall–Kier alpha value is -1.18. The van der Waals surface area contributed by atoms with Crippen molar-refractivity contribution in [1.29, 1.82) is 0 Å². The molecule has 2 rings (SSSR count). The van der Waals surface area contributed by atoms with E-state index in [1.54, 1.807) is 0 Å². The van der Waals surface area contributed by atoms with E-state index in [1.165, 1.54) is 11.1 Å². The molecule has 0 aliphatic carbocycles. The van der Waals surface area contributed by atoms with Crippen molar-refractivity contribution in [3.8, 4) is 0 Å². The van der Waals surface area contributed by atoms with Gasteiger partial charge in [-0.25, -0.2) is 0 Å². The van der Waals surface area contributed by atoms with Crippen molar-refractivity contribution in [2.45, 2.75) is 19.7 Å². The lowest BCUT2D eigenvalue weighted by molar-refractivity contribution is 1.16. The van der Waals surface area contributed by atoms with Crippen LogP contribution in [0.15, 0.2) is 36.4 Å². The van der Waals surface area contributed by atoms with Crippen LogP contribution < -0.4 is 4.90 Å². The molecule has 0 N–H and O–H groups in total. The average Bonchev–Trinajstić information content (AvgIpc) is 2.36. The SMILES string of the molecule is Cc1cc(C)cc(N(C)c2cc(Cl)ccc2CCl)c1. The molecule has 0 spiro atoms. The predicted octanol–water partition coefficient (Wildman–Crippen LogP) is 5.46. The summed E-state index contributed by atoms with van der Waals surface area (Å²) >= 11 is 12.1. The fraction of sp³-hybridized carbons (Fsp3) is 0.250. The number of alkyl halides is 1. The van der Waals surface area contributed by atoms with Crippen molar-refractivity contribution in [3.63, 3.8) is 0 Å². The molecule has 0 heterocycles. The number of hydrogen-bond donors (Lipinski definition) is 0. The zero-order chi connectivity index (χ0) is 14.0. The Kier molecular flexibility index (Phi) is 4.38. The number of nitrogens with zero attached hydrogens (tertiary/aromatic N) is 1. The van der Waals surface area contributed by atoms with Gasteiger partial charge >= 0.3 is 0 Å². The fourth-order valence-electron chi connectivity index (χ4n) is 2.25. The molecular weight excluding hydrogens is 277 g/mol. The smallest absolute Gasteiger partial charge is 0.0494 e. The molecule has 0 amide bonds. The number of benzene rings is 2. The Morgan fingerprint density at radius 1 is 1.00 bits per heavy atom. The second-order valence-electron chi connectivity index (χ2n) is 4.81. The Labute approximate surface area is 124 Å². The van der Waals surface area contributed by atoms with Crippen LogP contribution in [0.25, 0.3) is 0 Å². The van der Waals surface area contributed by atoms with Gasteiger partial charge in [-0.3, -0.25) is 0 Å². The molecule has 0 unspecified atom stereocenters. The first-order chi connectivity index (χ1) is 9.01. The van der Waals surface area contributed by atoms with Crippen LogP contribution in [0.3, 0.4) is 0 Å². The fourth-order valence-corrected chi connectivity index (χ4v) is 2.64. The van der Waals surface area contributed by atoms with Crippen LogP contribution in [-0.4, -0.2) is 7.05 Å². The minimum Gasteiger partial charge on any atom is -0.344 e. The van der Waals surface area contributed by atoms with E-state index in [9.17, 15) is 0 Å². The quantitative estimate of drug-likeness (QED) is 0.679. The van der Waals surface area contributed by atoms with Gasteiger partial charge in [0, 0.05) is 29.3 Å². The van der Waals surface area contributed by atoms with Gasteiger partial charge in [0.15, 0.2) is 0 Å². The summed E-state index contributed by atoms with van der Waals surface area (Å²) in [6.07, 6.45) is 0. The van der Waals surface area contributed by atoms with Crippen LogP contribution in [0.2, 0.25) is 5.02 Å². The van der Waals surface area contributed by atoms with Crippen molar-refractivity contribution < 1.29 is 0 Å². The molecule has 0 fully saturated rings. The molecule has 0 saturated heterocycles. The molecule has 0 aliphatic rings. The second kappa shape index (κ2) is 5.85. The highest BCUT2D eigenvalue weighted by molar-refractivity contribution is 6.31. The first-order valence-electron chi connectivity index (χ1n) is 6.17. The van der Waals surface area contributed by atoms with Crippen LogP contribution in [0.1, 0.15) is 16.7 Å². The topological polar surface area (TPSA) is 3.24 Å². The van der Waals surface area contributed by atoms with Crippen molar-refractivity contribution in [3.05, 3.63) is 58.1 Å². The second-order valence-corrected chi connectivity index (χ2v) is 5.52. The summed E-state index contributed by atoms with van der Waals surface area (Å²) in [5, 5.41) is 0.722. The van der Waals surface area contributed by atoms with E-state index in [1.807, 2.05) is 25.2 Å². The maximum atomic E-state index is 6.10. The van der Waals surface area contributed by atoms with Crippen molar-refractivity contribution in [2.24, 2.45) is 0 Å². The Morgan fingerprint density at radius 2 is 1.63 bits per heavy atom. The van der Waals surface area contributed by atoms with Crippen LogP contribution in [0, 0.1) is 13.8 Å². The van der Waals surface area contributed by atoms with E-state index in [2.05, 4.69) is 36.9 Å². The minimum atomic E-state index is 0.474. The van der Waals surface area contributed by atoms with Crippen LogP contribution >= 0.6 is 23.2 Å².